The average molecular weight is 427 g/mol. The van der Waals surface area contributed by atoms with Gasteiger partial charge in [0.1, 0.15) is 0 Å². The minimum Gasteiger partial charge on any atom is -0.374 e. The molecule has 1 aromatic heterocycles. The third-order valence-electron chi connectivity index (χ3n) is 4.15. The lowest BCUT2D eigenvalue weighted by atomic mass is 9.80. The van der Waals surface area contributed by atoms with Gasteiger partial charge in [0, 0.05) is 18.4 Å². The van der Waals surface area contributed by atoms with Crippen molar-refractivity contribution in [2.75, 3.05) is 18.1 Å². The van der Waals surface area contributed by atoms with Gasteiger partial charge in [-0.1, -0.05) is 0 Å². The van der Waals surface area contributed by atoms with E-state index in [0.29, 0.717) is 5.92 Å². The van der Waals surface area contributed by atoms with Gasteiger partial charge in [-0.3, -0.25) is 0 Å². The van der Waals surface area contributed by atoms with Crippen LogP contribution in [0.25, 0.3) is 0 Å². The molecule has 0 aliphatic carbocycles. The standard InChI is InChI=1S/C13H17Br2NOS2/c14-10-5-9(12(15)19-10)11(16)8-1-3-17-13(6-8)2-4-18-7-13/h5,8,11H,1-4,6-7,16H2. The van der Waals surface area contributed by atoms with Gasteiger partial charge in [0.25, 0.3) is 0 Å². The SMILES string of the molecule is NC(c1cc(Br)sc1Br)C1CCOC2(CCSC2)C1. The zero-order valence-corrected chi connectivity index (χ0v) is 15.3. The first kappa shape index (κ1) is 14.9. The highest BCUT2D eigenvalue weighted by Gasteiger charge is 2.42. The molecule has 0 bridgehead atoms. The van der Waals surface area contributed by atoms with Gasteiger partial charge >= 0.3 is 0 Å². The van der Waals surface area contributed by atoms with Gasteiger partial charge in [0.2, 0.25) is 0 Å². The predicted molar refractivity (Wildman–Crippen MR) is 90.0 cm³/mol. The van der Waals surface area contributed by atoms with E-state index in [1.807, 2.05) is 11.8 Å². The fraction of sp³-hybridized carbons (Fsp3) is 0.692. The van der Waals surface area contributed by atoms with E-state index in [1.165, 1.54) is 17.7 Å². The maximum atomic E-state index is 6.53. The third kappa shape index (κ3) is 3.09. The summed E-state index contributed by atoms with van der Waals surface area (Å²) in [6.07, 6.45) is 3.38. The normalized spacial score (nSPS) is 32.9. The van der Waals surface area contributed by atoms with E-state index in [1.54, 1.807) is 11.3 Å². The van der Waals surface area contributed by atoms with Crippen LogP contribution >= 0.6 is 55.0 Å². The highest BCUT2D eigenvalue weighted by Crippen LogP contribution is 2.45. The largest absolute Gasteiger partial charge is 0.374 e. The number of hydrogen-bond donors (Lipinski definition) is 1. The summed E-state index contributed by atoms with van der Waals surface area (Å²) in [5, 5.41) is 0. The van der Waals surface area contributed by atoms with Crippen molar-refractivity contribution in [2.45, 2.75) is 30.9 Å². The van der Waals surface area contributed by atoms with E-state index in [0.717, 1.165) is 32.8 Å². The maximum Gasteiger partial charge on any atom is 0.0783 e. The monoisotopic (exact) mass is 425 g/mol. The summed E-state index contributed by atoms with van der Waals surface area (Å²) >= 11 is 10.9. The number of rotatable bonds is 2. The van der Waals surface area contributed by atoms with Gasteiger partial charge in [0.15, 0.2) is 0 Å². The Labute approximate surface area is 139 Å². The molecule has 0 amide bonds. The molecule has 2 N–H and O–H groups in total. The quantitative estimate of drug-likeness (QED) is 0.751. The smallest absolute Gasteiger partial charge is 0.0783 e. The summed E-state index contributed by atoms with van der Waals surface area (Å²) in [5.74, 6) is 2.91. The van der Waals surface area contributed by atoms with Crippen molar-refractivity contribution in [1.82, 2.24) is 0 Å². The molecule has 2 nitrogen and oxygen atoms in total. The van der Waals surface area contributed by atoms with Crippen LogP contribution in [-0.4, -0.2) is 23.7 Å². The second kappa shape index (κ2) is 5.97. The zero-order valence-electron chi connectivity index (χ0n) is 10.5. The molecule has 19 heavy (non-hydrogen) atoms. The highest BCUT2D eigenvalue weighted by molar-refractivity contribution is 9.12. The van der Waals surface area contributed by atoms with Crippen molar-refractivity contribution in [1.29, 1.82) is 0 Å². The molecule has 3 heterocycles. The van der Waals surface area contributed by atoms with Crippen LogP contribution in [0.5, 0.6) is 0 Å². The van der Waals surface area contributed by atoms with Gasteiger partial charge in [-0.2, -0.15) is 11.8 Å². The Balaban J connectivity index is 1.76. The molecule has 2 aliphatic rings. The lowest BCUT2D eigenvalue weighted by Gasteiger charge is -2.40. The predicted octanol–water partition coefficient (Wildman–Crippen LogP) is 4.58. The Morgan fingerprint density at radius 1 is 1.47 bits per heavy atom. The van der Waals surface area contributed by atoms with Crippen LogP contribution in [0.3, 0.4) is 0 Å². The van der Waals surface area contributed by atoms with Crippen LogP contribution < -0.4 is 5.73 Å². The summed E-state index contributed by atoms with van der Waals surface area (Å²) < 4.78 is 8.39. The molecular formula is C13H17Br2NOS2. The van der Waals surface area contributed by atoms with Crippen LogP contribution in [0.1, 0.15) is 30.9 Å². The number of nitrogens with two attached hydrogens (primary N) is 1. The molecule has 3 atom stereocenters. The second-order valence-corrected chi connectivity index (χ2v) is 10.2. The molecule has 0 aromatic carbocycles. The van der Waals surface area contributed by atoms with E-state index in [-0.39, 0.29) is 11.6 Å². The average Bonchev–Trinajstić information content (AvgIpc) is 2.96. The van der Waals surface area contributed by atoms with E-state index >= 15 is 0 Å². The maximum absolute atomic E-state index is 6.53. The van der Waals surface area contributed by atoms with Crippen molar-refractivity contribution in [3.8, 4) is 0 Å². The van der Waals surface area contributed by atoms with Crippen molar-refractivity contribution in [2.24, 2.45) is 11.7 Å². The first-order chi connectivity index (χ1) is 9.10. The molecule has 1 spiro atoms. The van der Waals surface area contributed by atoms with Crippen LogP contribution in [0.15, 0.2) is 13.6 Å². The Morgan fingerprint density at radius 3 is 2.95 bits per heavy atom. The molecular weight excluding hydrogens is 410 g/mol. The van der Waals surface area contributed by atoms with Gasteiger partial charge < -0.3 is 10.5 Å². The summed E-state index contributed by atoms with van der Waals surface area (Å²) in [6, 6.07) is 2.27. The third-order valence-corrected chi connectivity index (χ3v) is 7.76. The number of thiophene rings is 1. The number of ether oxygens (including phenoxy) is 1. The lowest BCUT2D eigenvalue weighted by molar-refractivity contribution is -0.0834. The fourth-order valence-electron chi connectivity index (χ4n) is 3.07. The van der Waals surface area contributed by atoms with Crippen molar-refractivity contribution >= 4 is 55.0 Å². The van der Waals surface area contributed by atoms with Gasteiger partial charge in [-0.25, -0.2) is 0 Å². The summed E-state index contributed by atoms with van der Waals surface area (Å²) in [7, 11) is 0. The van der Waals surface area contributed by atoms with Crippen molar-refractivity contribution in [3.05, 3.63) is 19.2 Å². The fourth-order valence-corrected chi connectivity index (χ4v) is 7.40. The second-order valence-electron chi connectivity index (χ2n) is 5.39. The Morgan fingerprint density at radius 2 is 2.32 bits per heavy atom. The van der Waals surface area contributed by atoms with E-state index in [2.05, 4.69) is 37.9 Å². The molecule has 2 fully saturated rings. The minimum atomic E-state index is 0.114. The van der Waals surface area contributed by atoms with Crippen LogP contribution in [0, 0.1) is 5.92 Å². The Hall–Kier alpha value is 0.930. The minimum absolute atomic E-state index is 0.114. The van der Waals surface area contributed by atoms with E-state index in [4.69, 9.17) is 10.5 Å². The molecule has 6 heteroatoms. The zero-order chi connectivity index (χ0) is 13.5. The van der Waals surface area contributed by atoms with Gasteiger partial charge in [0.05, 0.1) is 13.2 Å². The van der Waals surface area contributed by atoms with Crippen LogP contribution in [-0.2, 0) is 4.74 Å². The van der Waals surface area contributed by atoms with Gasteiger partial charge in [-0.15, -0.1) is 11.3 Å². The van der Waals surface area contributed by atoms with Crippen molar-refractivity contribution < 1.29 is 4.74 Å². The molecule has 3 unspecified atom stereocenters. The first-order valence-electron chi connectivity index (χ1n) is 6.52. The van der Waals surface area contributed by atoms with Gasteiger partial charge in [-0.05, 0) is 74.4 Å². The molecule has 2 saturated heterocycles. The van der Waals surface area contributed by atoms with Crippen LogP contribution in [0.2, 0.25) is 0 Å². The molecule has 3 rings (SSSR count). The Bertz CT molecular complexity index is 459. The number of hydrogen-bond acceptors (Lipinski definition) is 4. The molecule has 0 radical (unpaired) electrons. The molecule has 0 saturated carbocycles. The Kier molecular flexibility index (Phi) is 4.67. The first-order valence-corrected chi connectivity index (χ1v) is 10.1. The summed E-state index contributed by atoms with van der Waals surface area (Å²) in [5.41, 5.74) is 7.88. The number of halogens is 2. The summed E-state index contributed by atoms with van der Waals surface area (Å²) in [6.45, 7) is 0.863. The molecule has 106 valence electrons. The molecule has 1 aromatic rings. The van der Waals surface area contributed by atoms with Crippen LogP contribution in [0.4, 0.5) is 0 Å². The summed E-state index contributed by atoms with van der Waals surface area (Å²) in [4.78, 5) is 0. The van der Waals surface area contributed by atoms with E-state index in [9.17, 15) is 0 Å². The van der Waals surface area contributed by atoms with Crippen molar-refractivity contribution in [3.63, 3.8) is 0 Å². The topological polar surface area (TPSA) is 35.2 Å². The van der Waals surface area contributed by atoms with E-state index < -0.39 is 0 Å². The lowest BCUT2D eigenvalue weighted by Crippen LogP contribution is -2.42. The highest BCUT2D eigenvalue weighted by atomic mass is 79.9. The molecule has 2 aliphatic heterocycles. The number of thioether (sulfide) groups is 1.